The quantitative estimate of drug-likeness (QED) is 0.888. The van der Waals surface area contributed by atoms with Gasteiger partial charge in [0.1, 0.15) is 16.4 Å². The zero-order chi connectivity index (χ0) is 16.8. The molecule has 0 fully saturated rings. The van der Waals surface area contributed by atoms with Gasteiger partial charge in [-0.25, -0.2) is 8.42 Å². The fourth-order valence-electron chi connectivity index (χ4n) is 2.67. The number of phenols is 2. The van der Waals surface area contributed by atoms with Gasteiger partial charge in [0.15, 0.2) is 0 Å². The molecule has 2 aromatic rings. The summed E-state index contributed by atoms with van der Waals surface area (Å²) >= 11 is 0. The zero-order valence-electron chi connectivity index (χ0n) is 13.4. The maximum absolute atomic E-state index is 13.0. The number of sulfone groups is 1. The first kappa shape index (κ1) is 16.4. The van der Waals surface area contributed by atoms with Crippen LogP contribution in [0.15, 0.2) is 28.0 Å². The monoisotopic (exact) mass is 320 g/mol. The molecule has 0 unspecified atom stereocenters. The first-order valence-corrected chi connectivity index (χ1v) is 8.41. The fraction of sp³-hybridized carbons (Fsp3) is 0.294. The summed E-state index contributed by atoms with van der Waals surface area (Å²) in [5.74, 6) is -0.272. The molecule has 0 saturated carbocycles. The molecular formula is C17H20O4S. The Morgan fingerprint density at radius 1 is 0.773 bits per heavy atom. The van der Waals surface area contributed by atoms with Gasteiger partial charge in [-0.2, -0.15) is 0 Å². The summed E-state index contributed by atoms with van der Waals surface area (Å²) in [6.07, 6.45) is 0. The molecule has 5 heteroatoms. The van der Waals surface area contributed by atoms with Crippen LogP contribution in [0.4, 0.5) is 0 Å². The van der Waals surface area contributed by atoms with Crippen LogP contribution < -0.4 is 0 Å². The number of hydrogen-bond donors (Lipinski definition) is 2. The average molecular weight is 320 g/mol. The van der Waals surface area contributed by atoms with Crippen LogP contribution in [-0.2, 0) is 9.84 Å². The topological polar surface area (TPSA) is 74.6 Å². The van der Waals surface area contributed by atoms with E-state index in [2.05, 4.69) is 0 Å². The van der Waals surface area contributed by atoms with Crippen molar-refractivity contribution in [1.29, 1.82) is 0 Å². The van der Waals surface area contributed by atoms with E-state index in [0.29, 0.717) is 22.3 Å². The molecule has 0 radical (unpaired) electrons. The molecule has 0 aliphatic heterocycles. The van der Waals surface area contributed by atoms with Crippen molar-refractivity contribution < 1.29 is 18.6 Å². The van der Waals surface area contributed by atoms with E-state index < -0.39 is 9.84 Å². The molecule has 2 aromatic carbocycles. The number of benzene rings is 2. The summed E-state index contributed by atoms with van der Waals surface area (Å²) in [5.41, 5.74) is 2.82. The van der Waals surface area contributed by atoms with Gasteiger partial charge in [-0.1, -0.05) is 12.1 Å². The Bertz CT molecular complexity index is 865. The summed E-state index contributed by atoms with van der Waals surface area (Å²) in [6, 6.07) is 4.71. The van der Waals surface area contributed by atoms with E-state index in [1.54, 1.807) is 46.8 Å². The van der Waals surface area contributed by atoms with Gasteiger partial charge < -0.3 is 10.2 Å². The molecule has 0 saturated heterocycles. The van der Waals surface area contributed by atoms with Gasteiger partial charge >= 0.3 is 0 Å². The molecule has 0 heterocycles. The molecular weight excluding hydrogens is 300 g/mol. The third kappa shape index (κ3) is 2.35. The third-order valence-electron chi connectivity index (χ3n) is 4.08. The molecule has 2 rings (SSSR count). The molecule has 0 aliphatic rings. The van der Waals surface area contributed by atoms with Gasteiger partial charge in [0.2, 0.25) is 9.84 Å². The van der Waals surface area contributed by atoms with Gasteiger partial charge in [-0.05, 0) is 62.9 Å². The molecule has 0 aliphatic carbocycles. The molecule has 0 amide bonds. The lowest BCUT2D eigenvalue weighted by molar-refractivity contribution is 0.453. The van der Waals surface area contributed by atoms with E-state index in [1.165, 1.54) is 6.07 Å². The van der Waals surface area contributed by atoms with Crippen LogP contribution in [0.25, 0.3) is 0 Å². The van der Waals surface area contributed by atoms with Crippen molar-refractivity contribution >= 4 is 9.84 Å². The number of rotatable bonds is 2. The van der Waals surface area contributed by atoms with Crippen LogP contribution in [0.1, 0.15) is 27.8 Å². The second-order valence-electron chi connectivity index (χ2n) is 5.67. The summed E-state index contributed by atoms with van der Waals surface area (Å²) in [4.78, 5) is -0.0841. The molecule has 2 N–H and O–H groups in total. The van der Waals surface area contributed by atoms with E-state index in [0.717, 1.165) is 5.56 Å². The molecule has 0 aromatic heterocycles. The SMILES string of the molecule is Cc1ccc(S(=O)(=O)c2c(C)cc(C)c(O)c2C)c(O)c1C. The highest BCUT2D eigenvalue weighted by Crippen LogP contribution is 2.38. The van der Waals surface area contributed by atoms with Gasteiger partial charge in [0.25, 0.3) is 0 Å². The van der Waals surface area contributed by atoms with Gasteiger partial charge in [-0.3, -0.25) is 0 Å². The van der Waals surface area contributed by atoms with E-state index in [4.69, 9.17) is 0 Å². The predicted octanol–water partition coefficient (Wildman–Crippen LogP) is 3.47. The summed E-state index contributed by atoms with van der Waals surface area (Å²) < 4.78 is 25.9. The maximum Gasteiger partial charge on any atom is 0.210 e. The van der Waals surface area contributed by atoms with Crippen LogP contribution in [0, 0.1) is 34.6 Å². The second kappa shape index (κ2) is 5.32. The van der Waals surface area contributed by atoms with Crippen molar-refractivity contribution in [2.24, 2.45) is 0 Å². The molecule has 4 nitrogen and oxygen atoms in total. The Morgan fingerprint density at radius 3 is 1.95 bits per heavy atom. The Hall–Kier alpha value is -2.01. The summed E-state index contributed by atoms with van der Waals surface area (Å²) in [5, 5.41) is 20.3. The van der Waals surface area contributed by atoms with Gasteiger partial charge in [0, 0.05) is 5.56 Å². The molecule has 0 atom stereocenters. The highest BCUT2D eigenvalue weighted by Gasteiger charge is 2.28. The van der Waals surface area contributed by atoms with Crippen molar-refractivity contribution in [1.82, 2.24) is 0 Å². The highest BCUT2D eigenvalue weighted by molar-refractivity contribution is 7.91. The third-order valence-corrected chi connectivity index (χ3v) is 6.16. The van der Waals surface area contributed by atoms with E-state index in [1.807, 2.05) is 0 Å². The predicted molar refractivity (Wildman–Crippen MR) is 85.4 cm³/mol. The van der Waals surface area contributed by atoms with Crippen molar-refractivity contribution in [3.63, 3.8) is 0 Å². The maximum atomic E-state index is 13.0. The van der Waals surface area contributed by atoms with Crippen molar-refractivity contribution in [3.05, 3.63) is 46.0 Å². The van der Waals surface area contributed by atoms with Gasteiger partial charge in [-0.15, -0.1) is 0 Å². The first-order chi connectivity index (χ1) is 10.1. The van der Waals surface area contributed by atoms with E-state index in [-0.39, 0.29) is 21.3 Å². The normalized spacial score (nSPS) is 11.7. The standard InChI is InChI=1S/C17H20O4S/c1-9-6-7-14(16(19)12(9)4)22(20,21)17-11(3)8-10(2)15(18)13(17)5/h6-8,18-19H,1-5H3. The van der Waals surface area contributed by atoms with E-state index >= 15 is 0 Å². The Kier molecular flexibility index (Phi) is 3.96. The van der Waals surface area contributed by atoms with Crippen LogP contribution in [-0.4, -0.2) is 18.6 Å². The minimum absolute atomic E-state index is 0.0347. The largest absolute Gasteiger partial charge is 0.507 e. The minimum atomic E-state index is -3.92. The van der Waals surface area contributed by atoms with Crippen molar-refractivity contribution in [2.75, 3.05) is 0 Å². The lowest BCUT2D eigenvalue weighted by atomic mass is 10.1. The zero-order valence-corrected chi connectivity index (χ0v) is 14.2. The smallest absolute Gasteiger partial charge is 0.210 e. The Balaban J connectivity index is 2.83. The van der Waals surface area contributed by atoms with Crippen molar-refractivity contribution in [3.8, 4) is 11.5 Å². The number of phenolic OH excluding ortho intramolecular Hbond substituents is 2. The molecule has 0 spiro atoms. The first-order valence-electron chi connectivity index (χ1n) is 6.93. The van der Waals surface area contributed by atoms with Crippen LogP contribution >= 0.6 is 0 Å². The van der Waals surface area contributed by atoms with E-state index in [9.17, 15) is 18.6 Å². The summed E-state index contributed by atoms with van der Waals surface area (Å²) in [6.45, 7) is 8.46. The summed E-state index contributed by atoms with van der Waals surface area (Å²) in [7, 11) is -3.92. The highest BCUT2D eigenvalue weighted by atomic mass is 32.2. The minimum Gasteiger partial charge on any atom is -0.507 e. The Morgan fingerprint density at radius 2 is 1.36 bits per heavy atom. The Labute approximate surface area is 131 Å². The lowest BCUT2D eigenvalue weighted by Crippen LogP contribution is -2.08. The van der Waals surface area contributed by atoms with Crippen LogP contribution in [0.5, 0.6) is 11.5 Å². The second-order valence-corrected chi connectivity index (χ2v) is 7.53. The van der Waals surface area contributed by atoms with Crippen LogP contribution in [0.3, 0.4) is 0 Å². The number of hydrogen-bond acceptors (Lipinski definition) is 4. The van der Waals surface area contributed by atoms with Crippen molar-refractivity contribution in [2.45, 2.75) is 44.4 Å². The number of aryl methyl sites for hydroxylation is 3. The lowest BCUT2D eigenvalue weighted by Gasteiger charge is -2.16. The average Bonchev–Trinajstić information content (AvgIpc) is 2.41. The molecule has 118 valence electrons. The fourth-order valence-corrected chi connectivity index (χ4v) is 4.53. The molecule has 22 heavy (non-hydrogen) atoms. The van der Waals surface area contributed by atoms with Crippen LogP contribution in [0.2, 0.25) is 0 Å². The van der Waals surface area contributed by atoms with Gasteiger partial charge in [0.05, 0.1) is 4.90 Å². The number of aromatic hydroxyl groups is 2. The molecule has 0 bridgehead atoms.